The third kappa shape index (κ3) is 1.84. The van der Waals surface area contributed by atoms with E-state index in [2.05, 4.69) is 5.32 Å². The molecular weight excluding hydrogens is 240 g/mol. The number of rotatable bonds is 2. The van der Waals surface area contributed by atoms with E-state index < -0.39 is 11.6 Å². The van der Waals surface area contributed by atoms with Gasteiger partial charge in [0, 0.05) is 11.8 Å². The zero-order chi connectivity index (χ0) is 12.5. The van der Waals surface area contributed by atoms with Gasteiger partial charge in [0.15, 0.2) is 11.5 Å². The molecule has 1 aliphatic heterocycles. The molecule has 0 saturated carbocycles. The van der Waals surface area contributed by atoms with Crippen LogP contribution in [0.5, 0.6) is 11.5 Å². The maximum atomic E-state index is 13.5. The standard InChI is InChI=1S/C13H9F2NO2/c14-9-2-1-3-10(15)13(9)16-8-4-5-11-12(6-8)18-7-17-11/h1-6,16H,7H2. The van der Waals surface area contributed by atoms with Crippen LogP contribution in [0.25, 0.3) is 0 Å². The van der Waals surface area contributed by atoms with Gasteiger partial charge >= 0.3 is 0 Å². The van der Waals surface area contributed by atoms with Crippen LogP contribution in [-0.2, 0) is 0 Å². The Balaban J connectivity index is 1.93. The van der Waals surface area contributed by atoms with Crippen LogP contribution in [0.15, 0.2) is 36.4 Å². The van der Waals surface area contributed by atoms with Crippen LogP contribution in [0.2, 0.25) is 0 Å². The fourth-order valence-electron chi connectivity index (χ4n) is 1.74. The van der Waals surface area contributed by atoms with Gasteiger partial charge in [-0.2, -0.15) is 0 Å². The minimum Gasteiger partial charge on any atom is -0.454 e. The molecule has 3 nitrogen and oxygen atoms in total. The lowest BCUT2D eigenvalue weighted by atomic mass is 10.2. The molecule has 0 unspecified atom stereocenters. The maximum Gasteiger partial charge on any atom is 0.231 e. The van der Waals surface area contributed by atoms with Gasteiger partial charge in [-0.15, -0.1) is 0 Å². The van der Waals surface area contributed by atoms with Crippen molar-refractivity contribution in [2.45, 2.75) is 0 Å². The zero-order valence-electron chi connectivity index (χ0n) is 9.24. The molecule has 0 spiro atoms. The third-order valence-corrected chi connectivity index (χ3v) is 2.60. The molecule has 1 N–H and O–H groups in total. The van der Waals surface area contributed by atoms with Gasteiger partial charge in [0.1, 0.15) is 17.3 Å². The van der Waals surface area contributed by atoms with E-state index >= 15 is 0 Å². The van der Waals surface area contributed by atoms with Crippen LogP contribution in [0.4, 0.5) is 20.2 Å². The molecule has 0 atom stereocenters. The Kier molecular flexibility index (Phi) is 2.51. The molecule has 0 radical (unpaired) electrons. The summed E-state index contributed by atoms with van der Waals surface area (Å²) in [4.78, 5) is 0. The molecule has 1 heterocycles. The van der Waals surface area contributed by atoms with E-state index in [4.69, 9.17) is 9.47 Å². The van der Waals surface area contributed by atoms with Gasteiger partial charge in [-0.25, -0.2) is 8.78 Å². The first-order chi connectivity index (χ1) is 8.74. The van der Waals surface area contributed by atoms with Crippen LogP contribution in [0, 0.1) is 11.6 Å². The van der Waals surface area contributed by atoms with Crippen molar-refractivity contribution < 1.29 is 18.3 Å². The summed E-state index contributed by atoms with van der Waals surface area (Å²) in [6, 6.07) is 8.68. The number of para-hydroxylation sites is 1. The monoisotopic (exact) mass is 249 g/mol. The van der Waals surface area contributed by atoms with E-state index in [1.807, 2.05) is 0 Å². The molecule has 0 amide bonds. The van der Waals surface area contributed by atoms with Crippen LogP contribution < -0.4 is 14.8 Å². The van der Waals surface area contributed by atoms with Crippen molar-refractivity contribution in [3.63, 3.8) is 0 Å². The van der Waals surface area contributed by atoms with Crippen molar-refractivity contribution in [2.24, 2.45) is 0 Å². The van der Waals surface area contributed by atoms with E-state index in [-0.39, 0.29) is 12.5 Å². The largest absolute Gasteiger partial charge is 0.454 e. The molecule has 0 bridgehead atoms. The van der Waals surface area contributed by atoms with Crippen molar-refractivity contribution in [1.29, 1.82) is 0 Å². The number of ether oxygens (including phenoxy) is 2. The first-order valence-corrected chi connectivity index (χ1v) is 5.35. The number of benzene rings is 2. The molecule has 2 aromatic rings. The van der Waals surface area contributed by atoms with Gasteiger partial charge in [0.2, 0.25) is 6.79 Å². The number of halogens is 2. The molecule has 92 valence electrons. The van der Waals surface area contributed by atoms with Crippen LogP contribution in [0.1, 0.15) is 0 Å². The second kappa shape index (κ2) is 4.18. The zero-order valence-corrected chi connectivity index (χ0v) is 9.24. The number of hydrogen-bond acceptors (Lipinski definition) is 3. The number of anilines is 2. The number of hydrogen-bond donors (Lipinski definition) is 1. The molecule has 3 rings (SSSR count). The number of fused-ring (bicyclic) bond motifs is 1. The average Bonchev–Trinajstić information content (AvgIpc) is 2.81. The van der Waals surface area contributed by atoms with Crippen LogP contribution in [0.3, 0.4) is 0 Å². The highest BCUT2D eigenvalue weighted by Gasteiger charge is 2.14. The Labute approximate surface area is 102 Å². The minimum atomic E-state index is -0.646. The molecule has 1 aliphatic rings. The van der Waals surface area contributed by atoms with Crippen molar-refractivity contribution in [3.05, 3.63) is 48.0 Å². The molecule has 2 aromatic carbocycles. The van der Waals surface area contributed by atoms with Gasteiger partial charge in [-0.1, -0.05) is 6.07 Å². The topological polar surface area (TPSA) is 30.5 Å². The summed E-state index contributed by atoms with van der Waals surface area (Å²) in [5.41, 5.74) is 0.347. The lowest BCUT2D eigenvalue weighted by Gasteiger charge is -2.09. The normalized spacial score (nSPS) is 12.6. The summed E-state index contributed by atoms with van der Waals surface area (Å²) in [5.74, 6) is -0.119. The van der Waals surface area contributed by atoms with Gasteiger partial charge in [-0.3, -0.25) is 0 Å². The van der Waals surface area contributed by atoms with Gasteiger partial charge in [0.05, 0.1) is 0 Å². The Bertz CT molecular complexity index is 581. The Morgan fingerprint density at radius 2 is 1.67 bits per heavy atom. The van der Waals surface area contributed by atoms with Crippen molar-refractivity contribution in [3.8, 4) is 11.5 Å². The van der Waals surface area contributed by atoms with Crippen molar-refractivity contribution in [2.75, 3.05) is 12.1 Å². The summed E-state index contributed by atoms with van der Waals surface area (Å²) in [7, 11) is 0. The SMILES string of the molecule is Fc1cccc(F)c1Nc1ccc2c(c1)OCO2. The predicted molar refractivity (Wildman–Crippen MR) is 62.2 cm³/mol. The highest BCUT2D eigenvalue weighted by Crippen LogP contribution is 2.35. The molecule has 0 aromatic heterocycles. The predicted octanol–water partition coefficient (Wildman–Crippen LogP) is 3.44. The first-order valence-electron chi connectivity index (χ1n) is 5.35. The van der Waals surface area contributed by atoms with E-state index in [1.54, 1.807) is 18.2 Å². The van der Waals surface area contributed by atoms with Gasteiger partial charge in [-0.05, 0) is 24.3 Å². The van der Waals surface area contributed by atoms with Gasteiger partial charge < -0.3 is 14.8 Å². The Morgan fingerprint density at radius 1 is 0.944 bits per heavy atom. The fraction of sp³-hybridized carbons (Fsp3) is 0.0769. The third-order valence-electron chi connectivity index (χ3n) is 2.60. The van der Waals surface area contributed by atoms with Crippen molar-refractivity contribution >= 4 is 11.4 Å². The quantitative estimate of drug-likeness (QED) is 0.884. The minimum absolute atomic E-state index is 0.160. The summed E-state index contributed by atoms with van der Waals surface area (Å²) in [6.07, 6.45) is 0. The first kappa shape index (κ1) is 10.8. The highest BCUT2D eigenvalue weighted by molar-refractivity contribution is 5.64. The molecule has 0 saturated heterocycles. The summed E-state index contributed by atoms with van der Waals surface area (Å²) in [5, 5.41) is 2.68. The molecular formula is C13H9F2NO2. The summed E-state index contributed by atoms with van der Waals surface area (Å²) in [6.45, 7) is 0.160. The molecule has 0 aliphatic carbocycles. The lowest BCUT2D eigenvalue weighted by Crippen LogP contribution is -1.97. The lowest BCUT2D eigenvalue weighted by molar-refractivity contribution is 0.174. The smallest absolute Gasteiger partial charge is 0.231 e. The highest BCUT2D eigenvalue weighted by atomic mass is 19.1. The maximum absolute atomic E-state index is 13.5. The van der Waals surface area contributed by atoms with E-state index in [9.17, 15) is 8.78 Å². The Hall–Kier alpha value is -2.30. The van der Waals surface area contributed by atoms with Gasteiger partial charge in [0.25, 0.3) is 0 Å². The molecule has 0 fully saturated rings. The molecule has 5 heteroatoms. The summed E-state index contributed by atoms with van der Waals surface area (Å²) < 4.78 is 37.2. The van der Waals surface area contributed by atoms with E-state index in [1.165, 1.54) is 18.2 Å². The van der Waals surface area contributed by atoms with E-state index in [0.717, 1.165) is 0 Å². The average molecular weight is 249 g/mol. The summed E-state index contributed by atoms with van der Waals surface area (Å²) >= 11 is 0. The second-order valence-corrected chi connectivity index (χ2v) is 3.79. The fourth-order valence-corrected chi connectivity index (χ4v) is 1.74. The van der Waals surface area contributed by atoms with Crippen LogP contribution >= 0.6 is 0 Å². The van der Waals surface area contributed by atoms with Crippen LogP contribution in [-0.4, -0.2) is 6.79 Å². The van der Waals surface area contributed by atoms with E-state index in [0.29, 0.717) is 17.2 Å². The Morgan fingerprint density at radius 3 is 2.44 bits per heavy atom. The molecule has 18 heavy (non-hydrogen) atoms. The second-order valence-electron chi connectivity index (χ2n) is 3.79. The van der Waals surface area contributed by atoms with Crippen molar-refractivity contribution in [1.82, 2.24) is 0 Å². The number of nitrogens with one attached hydrogen (secondary N) is 1.